The second kappa shape index (κ2) is 9.94. The molecule has 0 aliphatic carbocycles. The predicted octanol–water partition coefficient (Wildman–Crippen LogP) is 3.54. The van der Waals surface area contributed by atoms with Crippen molar-refractivity contribution >= 4 is 6.03 Å². The van der Waals surface area contributed by atoms with Crippen LogP contribution in [-0.4, -0.2) is 48.9 Å². The molecule has 1 aromatic heterocycles. The Morgan fingerprint density at radius 2 is 1.72 bits per heavy atom. The molecular formula is C21H21F3N4O4. The third kappa shape index (κ3) is 6.30. The molecule has 2 amide bonds. The van der Waals surface area contributed by atoms with E-state index in [2.05, 4.69) is 10.4 Å². The molecular weight excluding hydrogens is 429 g/mol. The van der Waals surface area contributed by atoms with Crippen LogP contribution in [0, 0.1) is 0 Å². The van der Waals surface area contributed by atoms with Gasteiger partial charge in [0.1, 0.15) is 18.1 Å². The minimum absolute atomic E-state index is 0.161. The average molecular weight is 450 g/mol. The number of nitrogens with two attached hydrogens (primary N) is 1. The maximum Gasteiger partial charge on any atom is 0.422 e. The Hall–Kier alpha value is -3.89. The number of carbonyl (C=O) groups is 1. The van der Waals surface area contributed by atoms with Gasteiger partial charge in [0.2, 0.25) is 5.88 Å². The van der Waals surface area contributed by atoms with E-state index in [0.717, 1.165) is 0 Å². The molecule has 32 heavy (non-hydrogen) atoms. The summed E-state index contributed by atoms with van der Waals surface area (Å²) >= 11 is 0. The lowest BCUT2D eigenvalue weighted by atomic mass is 10.1. The van der Waals surface area contributed by atoms with Crippen molar-refractivity contribution in [2.24, 2.45) is 5.73 Å². The van der Waals surface area contributed by atoms with E-state index in [1.165, 1.54) is 17.9 Å². The van der Waals surface area contributed by atoms with Gasteiger partial charge in [-0.2, -0.15) is 13.2 Å². The molecule has 0 atom stereocenters. The Labute approximate surface area is 181 Å². The number of methoxy groups -OCH3 is 1. The summed E-state index contributed by atoms with van der Waals surface area (Å²) in [6.45, 7) is -0.971. The third-order valence-electron chi connectivity index (χ3n) is 4.21. The number of amides is 2. The topological polar surface area (TPSA) is 101 Å². The summed E-state index contributed by atoms with van der Waals surface area (Å²) in [5.41, 5.74) is 6.80. The van der Waals surface area contributed by atoms with Crippen molar-refractivity contribution in [3.05, 3.63) is 54.6 Å². The summed E-state index contributed by atoms with van der Waals surface area (Å²) in [7, 11) is 1.53. The fourth-order valence-corrected chi connectivity index (χ4v) is 2.78. The summed E-state index contributed by atoms with van der Waals surface area (Å²) in [5.74, 6) is 1.01. The minimum atomic E-state index is -4.48. The number of nitrogens with one attached hydrogen (secondary N) is 1. The molecule has 0 radical (unpaired) electrons. The Morgan fingerprint density at radius 1 is 1.06 bits per heavy atom. The van der Waals surface area contributed by atoms with Crippen LogP contribution < -0.4 is 25.3 Å². The van der Waals surface area contributed by atoms with Crippen LogP contribution in [0.2, 0.25) is 0 Å². The quantitative estimate of drug-likeness (QED) is 0.486. The van der Waals surface area contributed by atoms with Gasteiger partial charge in [-0.15, -0.1) is 5.10 Å². The number of hydrogen-bond donors (Lipinski definition) is 2. The van der Waals surface area contributed by atoms with Crippen molar-refractivity contribution in [2.45, 2.75) is 6.18 Å². The molecule has 1 heterocycles. The van der Waals surface area contributed by atoms with Crippen LogP contribution >= 0.6 is 0 Å². The fourth-order valence-electron chi connectivity index (χ4n) is 2.78. The highest BCUT2D eigenvalue weighted by Gasteiger charge is 2.29. The number of benzene rings is 2. The lowest BCUT2D eigenvalue weighted by molar-refractivity contribution is -0.154. The second-order valence-corrected chi connectivity index (χ2v) is 6.55. The molecule has 170 valence electrons. The van der Waals surface area contributed by atoms with Crippen LogP contribution in [0.15, 0.2) is 54.6 Å². The lowest BCUT2D eigenvalue weighted by Crippen LogP contribution is -2.32. The van der Waals surface area contributed by atoms with E-state index >= 15 is 0 Å². The predicted molar refractivity (Wildman–Crippen MR) is 110 cm³/mol. The van der Waals surface area contributed by atoms with Gasteiger partial charge in [-0.3, -0.25) is 0 Å². The van der Waals surface area contributed by atoms with Gasteiger partial charge in [-0.05, 0) is 48.5 Å². The van der Waals surface area contributed by atoms with Gasteiger partial charge in [0.25, 0.3) is 0 Å². The highest BCUT2D eigenvalue weighted by molar-refractivity contribution is 5.71. The van der Waals surface area contributed by atoms with Gasteiger partial charge in [-0.25, -0.2) is 9.48 Å². The number of nitrogens with zero attached hydrogens (tertiary/aromatic N) is 2. The standard InChI is InChI=1S/C21H21F3N4O4/c1-30-16-8-4-15(5-9-16)28-18(12-19(27-28)32-13-21(22,23)24)14-2-6-17(7-3-14)31-11-10-26-20(25)29/h2-9,12H,10-11,13H2,1H3,(H3,25,26,29). The average Bonchev–Trinajstić information content (AvgIpc) is 3.20. The number of ether oxygens (including phenoxy) is 3. The van der Waals surface area contributed by atoms with Crippen LogP contribution in [0.25, 0.3) is 16.9 Å². The van der Waals surface area contributed by atoms with Crippen molar-refractivity contribution in [1.29, 1.82) is 0 Å². The van der Waals surface area contributed by atoms with Crippen molar-refractivity contribution in [2.75, 3.05) is 26.9 Å². The molecule has 0 fully saturated rings. The molecule has 0 bridgehead atoms. The SMILES string of the molecule is COc1ccc(-n2nc(OCC(F)(F)F)cc2-c2ccc(OCCNC(N)=O)cc2)cc1. The first-order valence-electron chi connectivity index (χ1n) is 9.46. The van der Waals surface area contributed by atoms with Gasteiger partial charge >= 0.3 is 12.2 Å². The number of urea groups is 1. The number of alkyl halides is 3. The van der Waals surface area contributed by atoms with E-state index in [1.807, 2.05) is 0 Å². The van der Waals surface area contributed by atoms with Crippen molar-refractivity contribution < 1.29 is 32.2 Å². The van der Waals surface area contributed by atoms with Crippen LogP contribution in [0.5, 0.6) is 17.4 Å². The molecule has 0 unspecified atom stereocenters. The molecule has 0 aliphatic rings. The van der Waals surface area contributed by atoms with E-state index in [1.54, 1.807) is 48.5 Å². The van der Waals surface area contributed by atoms with Crippen LogP contribution in [-0.2, 0) is 0 Å². The van der Waals surface area contributed by atoms with Gasteiger partial charge in [0.15, 0.2) is 6.61 Å². The number of rotatable bonds is 9. The van der Waals surface area contributed by atoms with Crippen LogP contribution in [0.3, 0.4) is 0 Å². The lowest BCUT2D eigenvalue weighted by Gasteiger charge is -2.10. The Kier molecular flexibility index (Phi) is 7.08. The zero-order chi connectivity index (χ0) is 23.1. The summed E-state index contributed by atoms with van der Waals surface area (Å²) in [5, 5.41) is 6.60. The van der Waals surface area contributed by atoms with E-state index < -0.39 is 18.8 Å². The molecule has 2 aromatic carbocycles. The van der Waals surface area contributed by atoms with Gasteiger partial charge in [-0.1, -0.05) is 0 Å². The summed E-state index contributed by atoms with van der Waals surface area (Å²) < 4.78 is 54.7. The smallest absolute Gasteiger partial charge is 0.422 e. The Balaban J connectivity index is 1.84. The van der Waals surface area contributed by atoms with Crippen LogP contribution in [0.4, 0.5) is 18.0 Å². The fraction of sp³-hybridized carbons (Fsp3) is 0.238. The molecule has 0 aliphatic heterocycles. The van der Waals surface area contributed by atoms with E-state index in [-0.39, 0.29) is 19.0 Å². The van der Waals surface area contributed by atoms with Crippen molar-refractivity contribution in [1.82, 2.24) is 15.1 Å². The number of halogens is 3. The second-order valence-electron chi connectivity index (χ2n) is 6.55. The number of hydrogen-bond acceptors (Lipinski definition) is 5. The molecule has 0 spiro atoms. The van der Waals surface area contributed by atoms with E-state index in [9.17, 15) is 18.0 Å². The maximum atomic E-state index is 12.6. The first-order chi connectivity index (χ1) is 15.2. The molecule has 3 rings (SSSR count). The molecule has 3 aromatic rings. The number of aromatic nitrogens is 2. The maximum absolute atomic E-state index is 12.6. The Bertz CT molecular complexity index is 1030. The van der Waals surface area contributed by atoms with Crippen molar-refractivity contribution in [3.63, 3.8) is 0 Å². The van der Waals surface area contributed by atoms with Gasteiger partial charge in [0, 0.05) is 11.6 Å². The summed E-state index contributed by atoms with van der Waals surface area (Å²) in [4.78, 5) is 10.7. The van der Waals surface area contributed by atoms with Crippen molar-refractivity contribution in [3.8, 4) is 34.3 Å². The van der Waals surface area contributed by atoms with Gasteiger partial charge in [0.05, 0.1) is 25.0 Å². The number of carbonyl (C=O) groups excluding carboxylic acids is 1. The van der Waals surface area contributed by atoms with Crippen LogP contribution in [0.1, 0.15) is 0 Å². The molecule has 0 saturated carbocycles. The zero-order valence-corrected chi connectivity index (χ0v) is 17.1. The first-order valence-corrected chi connectivity index (χ1v) is 9.46. The molecule has 0 saturated heterocycles. The molecule has 3 N–H and O–H groups in total. The highest BCUT2D eigenvalue weighted by Crippen LogP contribution is 2.30. The molecule has 8 nitrogen and oxygen atoms in total. The first kappa shape index (κ1) is 22.8. The third-order valence-corrected chi connectivity index (χ3v) is 4.21. The number of primary amides is 1. The highest BCUT2D eigenvalue weighted by atomic mass is 19.4. The van der Waals surface area contributed by atoms with Gasteiger partial charge < -0.3 is 25.3 Å². The van der Waals surface area contributed by atoms with E-state index in [4.69, 9.17) is 19.9 Å². The Morgan fingerprint density at radius 3 is 2.31 bits per heavy atom. The van der Waals surface area contributed by atoms with E-state index in [0.29, 0.717) is 28.4 Å². The normalized spacial score (nSPS) is 11.1. The minimum Gasteiger partial charge on any atom is -0.497 e. The molecule has 11 heteroatoms. The summed E-state index contributed by atoms with van der Waals surface area (Å²) in [6, 6.07) is 14.5. The zero-order valence-electron chi connectivity index (χ0n) is 17.1. The largest absolute Gasteiger partial charge is 0.497 e. The monoisotopic (exact) mass is 450 g/mol. The summed E-state index contributed by atoms with van der Waals surface area (Å²) in [6.07, 6.45) is -4.48.